The number of anilines is 1. The van der Waals surface area contributed by atoms with E-state index in [1.54, 1.807) is 0 Å². The second kappa shape index (κ2) is 9.26. The third-order valence-corrected chi connectivity index (χ3v) is 5.90. The van der Waals surface area contributed by atoms with E-state index in [1.165, 1.54) is 43.5 Å². The van der Waals surface area contributed by atoms with Crippen molar-refractivity contribution in [2.75, 3.05) is 18.6 Å². The van der Waals surface area contributed by atoms with Crippen molar-refractivity contribution in [3.05, 3.63) is 75.9 Å². The van der Waals surface area contributed by atoms with Crippen LogP contribution in [0.4, 0.5) is 11.4 Å². The lowest BCUT2D eigenvalue weighted by Crippen LogP contribution is -2.30. The number of rotatable bonds is 7. The Bertz CT molecular complexity index is 1190. The van der Waals surface area contributed by atoms with Gasteiger partial charge in [-0.25, -0.2) is 4.79 Å². The molecule has 1 heterocycles. The lowest BCUT2D eigenvalue weighted by Gasteiger charge is -2.15. The van der Waals surface area contributed by atoms with Gasteiger partial charge in [-0.05, 0) is 49.2 Å². The van der Waals surface area contributed by atoms with Crippen molar-refractivity contribution in [2.24, 2.45) is 11.8 Å². The van der Waals surface area contributed by atoms with Crippen LogP contribution >= 0.6 is 0 Å². The molecule has 4 rings (SSSR count). The minimum Gasteiger partial charge on any atom is -0.490 e. The van der Waals surface area contributed by atoms with Crippen LogP contribution in [0.1, 0.15) is 33.6 Å². The third kappa shape index (κ3) is 4.17. The number of esters is 1. The first-order valence-corrected chi connectivity index (χ1v) is 10.5. The molecule has 34 heavy (non-hydrogen) atoms. The minimum atomic E-state index is -0.792. The molecule has 2 unspecified atom stereocenters. The van der Waals surface area contributed by atoms with Crippen LogP contribution in [0, 0.1) is 22.0 Å². The Hall–Kier alpha value is -4.34. The maximum Gasteiger partial charge on any atom is 0.338 e. The Kier molecular flexibility index (Phi) is 6.22. The highest BCUT2D eigenvalue weighted by molar-refractivity contribution is 6.22. The predicted molar refractivity (Wildman–Crippen MR) is 119 cm³/mol. The fourth-order valence-electron chi connectivity index (χ4n) is 4.11. The number of allylic oxidation sites excluding steroid dienone is 2. The van der Waals surface area contributed by atoms with Gasteiger partial charge in [0.15, 0.2) is 12.4 Å². The van der Waals surface area contributed by atoms with Crippen molar-refractivity contribution in [2.45, 2.75) is 12.8 Å². The molecule has 174 valence electrons. The van der Waals surface area contributed by atoms with Gasteiger partial charge in [-0.15, -0.1) is 0 Å². The maximum absolute atomic E-state index is 12.7. The van der Waals surface area contributed by atoms with Crippen LogP contribution in [0.2, 0.25) is 0 Å². The number of ketones is 1. The molecule has 0 N–H and O–H groups in total. The molecule has 10 heteroatoms. The molecule has 1 aliphatic carbocycles. The smallest absolute Gasteiger partial charge is 0.338 e. The quantitative estimate of drug-likeness (QED) is 0.152. The molecule has 2 atom stereocenters. The summed E-state index contributed by atoms with van der Waals surface area (Å²) in [6.07, 6.45) is 4.86. The highest BCUT2D eigenvalue weighted by atomic mass is 16.6. The van der Waals surface area contributed by atoms with Gasteiger partial charge in [0.05, 0.1) is 35.1 Å². The number of Topliss-reactive ketones (excluding diaryl/α,β-unsaturated/α-hetero) is 1. The van der Waals surface area contributed by atoms with E-state index in [9.17, 15) is 29.3 Å². The molecule has 2 aromatic rings. The molecule has 2 amide bonds. The van der Waals surface area contributed by atoms with Crippen molar-refractivity contribution in [3.63, 3.8) is 0 Å². The van der Waals surface area contributed by atoms with Crippen LogP contribution in [-0.4, -0.2) is 42.2 Å². The Morgan fingerprint density at radius 3 is 2.15 bits per heavy atom. The van der Waals surface area contributed by atoms with Crippen LogP contribution in [0.25, 0.3) is 0 Å². The molecule has 0 bridgehead atoms. The van der Waals surface area contributed by atoms with Crippen LogP contribution < -0.4 is 9.64 Å². The molecule has 10 nitrogen and oxygen atoms in total. The van der Waals surface area contributed by atoms with Gasteiger partial charge in [-0.1, -0.05) is 12.2 Å². The van der Waals surface area contributed by atoms with E-state index in [0.29, 0.717) is 18.5 Å². The topological polar surface area (TPSA) is 133 Å². The average Bonchev–Trinajstić information content (AvgIpc) is 3.11. The summed E-state index contributed by atoms with van der Waals surface area (Å²) in [6.45, 7) is -0.622. The summed E-state index contributed by atoms with van der Waals surface area (Å²) in [6, 6.07) is 9.45. The molecule has 2 aromatic carbocycles. The fourth-order valence-corrected chi connectivity index (χ4v) is 4.11. The van der Waals surface area contributed by atoms with E-state index in [0.717, 1.165) is 11.0 Å². The van der Waals surface area contributed by atoms with E-state index in [1.807, 2.05) is 12.2 Å². The first-order chi connectivity index (χ1) is 16.3. The van der Waals surface area contributed by atoms with Crippen molar-refractivity contribution < 1.29 is 33.6 Å². The number of imide groups is 1. The van der Waals surface area contributed by atoms with Gasteiger partial charge < -0.3 is 9.47 Å². The van der Waals surface area contributed by atoms with Gasteiger partial charge in [0.25, 0.3) is 0 Å². The van der Waals surface area contributed by atoms with Gasteiger partial charge in [0.1, 0.15) is 0 Å². The maximum atomic E-state index is 12.7. The van der Waals surface area contributed by atoms with E-state index in [-0.39, 0.29) is 46.2 Å². The molecule has 0 saturated carbocycles. The van der Waals surface area contributed by atoms with Gasteiger partial charge in [0, 0.05) is 11.6 Å². The number of benzene rings is 2. The number of nitrogens with zero attached hydrogens (tertiary/aromatic N) is 2. The molecular formula is C24H20N2O8. The van der Waals surface area contributed by atoms with E-state index < -0.39 is 23.3 Å². The zero-order valence-corrected chi connectivity index (χ0v) is 18.1. The van der Waals surface area contributed by atoms with Crippen molar-refractivity contribution >= 4 is 34.9 Å². The minimum absolute atomic E-state index is 0.00216. The summed E-state index contributed by atoms with van der Waals surface area (Å²) in [7, 11) is 1.27. The molecule has 2 aliphatic rings. The number of methoxy groups -OCH3 is 1. The monoisotopic (exact) mass is 464 g/mol. The normalized spacial score (nSPS) is 19.0. The van der Waals surface area contributed by atoms with Crippen molar-refractivity contribution in [1.29, 1.82) is 0 Å². The second-order valence-corrected chi connectivity index (χ2v) is 7.86. The largest absolute Gasteiger partial charge is 0.490 e. The van der Waals surface area contributed by atoms with Crippen molar-refractivity contribution in [1.82, 2.24) is 0 Å². The highest BCUT2D eigenvalue weighted by Gasteiger charge is 2.47. The van der Waals surface area contributed by atoms with Crippen molar-refractivity contribution in [3.8, 4) is 5.75 Å². The zero-order chi connectivity index (χ0) is 24.4. The van der Waals surface area contributed by atoms with Crippen LogP contribution in [0.15, 0.2) is 54.6 Å². The second-order valence-electron chi connectivity index (χ2n) is 7.86. The molecule has 0 aromatic heterocycles. The fraction of sp³-hybridized carbons (Fsp3) is 0.250. The van der Waals surface area contributed by atoms with Gasteiger partial charge in [0.2, 0.25) is 17.6 Å². The summed E-state index contributed by atoms with van der Waals surface area (Å²) in [4.78, 5) is 61.7. The number of carbonyl (C=O) groups is 4. The first-order valence-electron chi connectivity index (χ1n) is 10.5. The van der Waals surface area contributed by atoms with Crippen LogP contribution in [0.5, 0.6) is 5.75 Å². The number of nitro groups is 1. The Balaban J connectivity index is 1.40. The third-order valence-electron chi connectivity index (χ3n) is 5.90. The highest BCUT2D eigenvalue weighted by Crippen LogP contribution is 2.37. The number of hydrogen-bond donors (Lipinski definition) is 0. The zero-order valence-electron chi connectivity index (χ0n) is 18.1. The van der Waals surface area contributed by atoms with Crippen LogP contribution in [0.3, 0.4) is 0 Å². The number of carbonyl (C=O) groups excluding carboxylic acids is 4. The van der Waals surface area contributed by atoms with Crippen LogP contribution in [-0.2, 0) is 14.3 Å². The number of nitro benzene ring substituents is 1. The summed E-state index contributed by atoms with van der Waals surface area (Å²) < 4.78 is 9.94. The standard InChI is InChI=1S/C24H20N2O8/c1-33-21-11-8-15(12-19(21)26(31)32)20(27)13-34-24(30)14-6-9-16(10-7-14)25-22(28)17-4-2-3-5-18(17)23(25)29/h2-3,6-12,17-18H,4-5,13H2,1H3. The molecule has 0 radical (unpaired) electrons. The molecule has 1 aliphatic heterocycles. The van der Waals surface area contributed by atoms with E-state index in [2.05, 4.69) is 0 Å². The van der Waals surface area contributed by atoms with Gasteiger partial charge >= 0.3 is 11.7 Å². The molecular weight excluding hydrogens is 444 g/mol. The summed E-state index contributed by atoms with van der Waals surface area (Å²) in [5.41, 5.74) is 0.104. The summed E-state index contributed by atoms with van der Waals surface area (Å²) in [5, 5.41) is 11.1. The number of ether oxygens (including phenoxy) is 2. The molecule has 1 saturated heterocycles. The van der Waals surface area contributed by atoms with E-state index in [4.69, 9.17) is 9.47 Å². The SMILES string of the molecule is COc1ccc(C(=O)COC(=O)c2ccc(N3C(=O)C4CC=CCC4C3=O)cc2)cc1[N+](=O)[O-]. The summed E-state index contributed by atoms with van der Waals surface area (Å²) in [5.74, 6) is -2.64. The number of amides is 2. The molecule has 1 fully saturated rings. The van der Waals surface area contributed by atoms with Gasteiger partial charge in [-0.2, -0.15) is 0 Å². The Labute approximate surface area is 193 Å². The predicted octanol–water partition coefficient (Wildman–Crippen LogP) is 3.10. The first kappa shape index (κ1) is 22.8. The number of hydrogen-bond acceptors (Lipinski definition) is 8. The van der Waals surface area contributed by atoms with E-state index >= 15 is 0 Å². The summed E-state index contributed by atoms with van der Waals surface area (Å²) >= 11 is 0. The van der Waals surface area contributed by atoms with Gasteiger partial charge in [-0.3, -0.25) is 29.4 Å². The lowest BCUT2D eigenvalue weighted by atomic mass is 9.85. The molecule has 0 spiro atoms. The Morgan fingerprint density at radius 2 is 1.59 bits per heavy atom. The average molecular weight is 464 g/mol. The lowest BCUT2D eigenvalue weighted by molar-refractivity contribution is -0.385. The Morgan fingerprint density at radius 1 is 1.00 bits per heavy atom. The number of fused-ring (bicyclic) bond motifs is 1.